The molecule has 0 fully saturated rings. The van der Waals surface area contributed by atoms with Crippen LogP contribution < -0.4 is 5.32 Å². The number of aryl methyl sites for hydroxylation is 2. The van der Waals surface area contributed by atoms with Crippen molar-refractivity contribution in [3.63, 3.8) is 0 Å². The summed E-state index contributed by atoms with van der Waals surface area (Å²) in [4.78, 5) is 0. The van der Waals surface area contributed by atoms with Crippen molar-refractivity contribution in [2.75, 3.05) is 19.8 Å². The smallest absolute Gasteiger partial charge is 0.0677 e. The van der Waals surface area contributed by atoms with Gasteiger partial charge in [0.15, 0.2) is 0 Å². The van der Waals surface area contributed by atoms with Gasteiger partial charge in [0.1, 0.15) is 0 Å². The number of hydrogen-bond acceptors (Lipinski definition) is 4. The summed E-state index contributed by atoms with van der Waals surface area (Å²) >= 11 is 0. The van der Waals surface area contributed by atoms with Crippen molar-refractivity contribution in [3.05, 3.63) is 23.0 Å². The van der Waals surface area contributed by atoms with E-state index < -0.39 is 0 Å². The van der Waals surface area contributed by atoms with E-state index in [9.17, 15) is 0 Å². The van der Waals surface area contributed by atoms with Crippen molar-refractivity contribution in [1.82, 2.24) is 15.5 Å². The molecule has 0 aliphatic heterocycles. The minimum absolute atomic E-state index is 0.212. The third kappa shape index (κ3) is 4.06. The molecule has 0 aromatic carbocycles. The Morgan fingerprint density at radius 3 is 2.65 bits per heavy atom. The highest BCUT2D eigenvalue weighted by atomic mass is 16.5. The molecular weight excluding hydrogens is 214 g/mol. The Balaban J connectivity index is 2.93. The lowest BCUT2D eigenvalue weighted by molar-refractivity contribution is 0.123. The summed E-state index contributed by atoms with van der Waals surface area (Å²) in [6.45, 7) is 10.5. The molecule has 0 saturated heterocycles. The van der Waals surface area contributed by atoms with E-state index in [1.165, 1.54) is 5.56 Å². The molecule has 0 bridgehead atoms. The predicted molar refractivity (Wildman–Crippen MR) is 69.1 cm³/mol. The van der Waals surface area contributed by atoms with Gasteiger partial charge in [-0.1, -0.05) is 13.8 Å². The fraction of sp³-hybridized carbons (Fsp3) is 0.692. The van der Waals surface area contributed by atoms with Gasteiger partial charge in [0.05, 0.1) is 24.0 Å². The van der Waals surface area contributed by atoms with Crippen LogP contribution in [0.4, 0.5) is 0 Å². The Morgan fingerprint density at radius 1 is 1.29 bits per heavy atom. The van der Waals surface area contributed by atoms with Gasteiger partial charge in [-0.3, -0.25) is 0 Å². The van der Waals surface area contributed by atoms with Crippen LogP contribution in [0.2, 0.25) is 0 Å². The minimum atomic E-state index is 0.212. The highest BCUT2D eigenvalue weighted by molar-refractivity contribution is 5.25. The number of hydrogen-bond donors (Lipinski definition) is 1. The first-order valence-electron chi connectivity index (χ1n) is 6.37. The van der Waals surface area contributed by atoms with Crippen molar-refractivity contribution in [2.24, 2.45) is 0 Å². The first-order valence-corrected chi connectivity index (χ1v) is 6.37. The predicted octanol–water partition coefficient (Wildman–Crippen LogP) is 2.03. The van der Waals surface area contributed by atoms with Gasteiger partial charge in [0.2, 0.25) is 0 Å². The zero-order valence-electron chi connectivity index (χ0n) is 11.3. The van der Waals surface area contributed by atoms with Gasteiger partial charge in [-0.05, 0) is 38.4 Å². The fourth-order valence-electron chi connectivity index (χ4n) is 1.85. The second-order valence-electron chi connectivity index (χ2n) is 4.01. The van der Waals surface area contributed by atoms with Crippen LogP contribution in [-0.2, 0) is 11.2 Å². The van der Waals surface area contributed by atoms with Crippen LogP contribution in [0.1, 0.15) is 43.8 Å². The zero-order chi connectivity index (χ0) is 12.7. The molecule has 96 valence electrons. The lowest BCUT2D eigenvalue weighted by Gasteiger charge is -2.20. The molecule has 1 aromatic rings. The van der Waals surface area contributed by atoms with E-state index in [2.05, 4.69) is 35.4 Å². The second-order valence-corrected chi connectivity index (χ2v) is 4.01. The highest BCUT2D eigenvalue weighted by Crippen LogP contribution is 2.18. The number of nitrogens with one attached hydrogen (secondary N) is 1. The number of rotatable bonds is 7. The highest BCUT2D eigenvalue weighted by Gasteiger charge is 2.15. The largest absolute Gasteiger partial charge is 0.380 e. The Kier molecular flexibility index (Phi) is 6.08. The molecule has 1 heterocycles. The van der Waals surface area contributed by atoms with Crippen molar-refractivity contribution in [2.45, 2.75) is 40.2 Å². The molecule has 0 aliphatic rings. The number of aromatic nitrogens is 2. The van der Waals surface area contributed by atoms with E-state index in [1.54, 1.807) is 0 Å². The SMILES string of the molecule is CCNC(COCC)c1cc(C)nnc1CC. The van der Waals surface area contributed by atoms with Gasteiger partial charge in [0.25, 0.3) is 0 Å². The van der Waals surface area contributed by atoms with Crippen LogP contribution in [0.3, 0.4) is 0 Å². The molecular formula is C13H23N3O. The summed E-state index contributed by atoms with van der Waals surface area (Å²) in [7, 11) is 0. The van der Waals surface area contributed by atoms with E-state index in [0.29, 0.717) is 6.61 Å². The third-order valence-electron chi connectivity index (χ3n) is 2.68. The number of nitrogens with zero attached hydrogens (tertiary/aromatic N) is 2. The third-order valence-corrected chi connectivity index (χ3v) is 2.68. The molecule has 1 unspecified atom stereocenters. The molecule has 4 heteroatoms. The fourth-order valence-corrected chi connectivity index (χ4v) is 1.85. The van der Waals surface area contributed by atoms with E-state index >= 15 is 0 Å². The van der Waals surface area contributed by atoms with E-state index in [1.807, 2.05) is 13.8 Å². The maximum absolute atomic E-state index is 5.53. The van der Waals surface area contributed by atoms with Gasteiger partial charge in [-0.25, -0.2) is 0 Å². The van der Waals surface area contributed by atoms with Gasteiger partial charge in [-0.15, -0.1) is 0 Å². The summed E-state index contributed by atoms with van der Waals surface area (Å²) < 4.78 is 5.53. The first kappa shape index (κ1) is 14.1. The lowest BCUT2D eigenvalue weighted by Crippen LogP contribution is -2.27. The summed E-state index contributed by atoms with van der Waals surface area (Å²) in [5.74, 6) is 0. The first-order chi connectivity index (χ1) is 8.22. The summed E-state index contributed by atoms with van der Waals surface area (Å²) in [5, 5.41) is 11.8. The average molecular weight is 237 g/mol. The van der Waals surface area contributed by atoms with Crippen LogP contribution in [0, 0.1) is 6.92 Å². The summed E-state index contributed by atoms with van der Waals surface area (Å²) in [5.41, 5.74) is 3.23. The van der Waals surface area contributed by atoms with Crippen LogP contribution in [0.5, 0.6) is 0 Å². The molecule has 1 N–H and O–H groups in total. The second kappa shape index (κ2) is 7.35. The minimum Gasteiger partial charge on any atom is -0.380 e. The van der Waals surface area contributed by atoms with Crippen LogP contribution in [-0.4, -0.2) is 30.0 Å². The molecule has 0 spiro atoms. The standard InChI is InChI=1S/C13H23N3O/c1-5-12-11(8-10(4)15-16-12)13(14-6-2)9-17-7-3/h8,13-14H,5-7,9H2,1-4H3. The van der Waals surface area contributed by atoms with Crippen molar-refractivity contribution in [1.29, 1.82) is 0 Å². The van der Waals surface area contributed by atoms with Gasteiger partial charge < -0.3 is 10.1 Å². The van der Waals surface area contributed by atoms with Crippen molar-refractivity contribution < 1.29 is 4.74 Å². The lowest BCUT2D eigenvalue weighted by atomic mass is 10.0. The Hall–Kier alpha value is -1.00. The Labute approximate surface area is 104 Å². The Bertz CT molecular complexity index is 341. The maximum Gasteiger partial charge on any atom is 0.0677 e. The van der Waals surface area contributed by atoms with E-state index in [-0.39, 0.29) is 6.04 Å². The molecule has 0 radical (unpaired) electrons. The quantitative estimate of drug-likeness (QED) is 0.788. The van der Waals surface area contributed by atoms with Gasteiger partial charge in [-0.2, -0.15) is 10.2 Å². The summed E-state index contributed by atoms with van der Waals surface area (Å²) in [6.07, 6.45) is 0.899. The topological polar surface area (TPSA) is 47.0 Å². The molecule has 0 saturated carbocycles. The zero-order valence-corrected chi connectivity index (χ0v) is 11.3. The number of ether oxygens (including phenoxy) is 1. The summed E-state index contributed by atoms with van der Waals surface area (Å²) in [6, 6.07) is 2.32. The number of likely N-dealkylation sites (N-methyl/N-ethyl adjacent to an activating group) is 1. The van der Waals surface area contributed by atoms with Gasteiger partial charge >= 0.3 is 0 Å². The van der Waals surface area contributed by atoms with E-state index in [0.717, 1.165) is 31.0 Å². The molecule has 1 rings (SSSR count). The normalized spacial score (nSPS) is 12.7. The van der Waals surface area contributed by atoms with Crippen molar-refractivity contribution in [3.8, 4) is 0 Å². The van der Waals surface area contributed by atoms with Crippen molar-refractivity contribution >= 4 is 0 Å². The van der Waals surface area contributed by atoms with Gasteiger partial charge in [0, 0.05) is 6.61 Å². The van der Waals surface area contributed by atoms with Crippen LogP contribution in [0.15, 0.2) is 6.07 Å². The monoisotopic (exact) mass is 237 g/mol. The molecule has 0 amide bonds. The van der Waals surface area contributed by atoms with Crippen LogP contribution in [0.25, 0.3) is 0 Å². The molecule has 1 aromatic heterocycles. The maximum atomic E-state index is 5.53. The Morgan fingerprint density at radius 2 is 2.06 bits per heavy atom. The van der Waals surface area contributed by atoms with E-state index in [4.69, 9.17) is 4.74 Å². The molecule has 4 nitrogen and oxygen atoms in total. The molecule has 0 aliphatic carbocycles. The van der Waals surface area contributed by atoms with Crippen LogP contribution >= 0.6 is 0 Å². The average Bonchev–Trinajstić information content (AvgIpc) is 2.34. The molecule has 17 heavy (non-hydrogen) atoms. The molecule has 1 atom stereocenters.